The van der Waals surface area contributed by atoms with Crippen molar-refractivity contribution in [3.63, 3.8) is 0 Å². The zero-order chi connectivity index (χ0) is 34.0. The van der Waals surface area contributed by atoms with Gasteiger partial charge in [0.2, 0.25) is 5.13 Å². The third-order valence-electron chi connectivity index (χ3n) is 7.76. The summed E-state index contributed by atoms with van der Waals surface area (Å²) in [6.07, 6.45) is 3.81. The van der Waals surface area contributed by atoms with E-state index in [0.717, 1.165) is 31.2 Å². The standard InChI is InChI=1S/C37H41N3O6S2/c1-5-8-20-45-28-17-14-26(15-18-28)33(41)31-32(27-16-19-29(46-21-9-6-2)30(22-27)44-7-3)40(35(43)34(31)42)36-38-39-37(48-36)47-23-25-12-10-24(4)11-13-25/h10-19,22,32,41H,5-9,20-21,23H2,1-4H3/t32-/m0/s1. The Morgan fingerprint density at radius 2 is 1.58 bits per heavy atom. The fourth-order valence-electron chi connectivity index (χ4n) is 5.14. The molecule has 0 bridgehead atoms. The van der Waals surface area contributed by atoms with Crippen LogP contribution in [0.1, 0.15) is 74.8 Å². The number of rotatable bonds is 16. The van der Waals surface area contributed by atoms with Gasteiger partial charge in [0.1, 0.15) is 11.5 Å². The van der Waals surface area contributed by atoms with Crippen LogP contribution in [0.5, 0.6) is 17.2 Å². The van der Waals surface area contributed by atoms with Crippen LogP contribution >= 0.6 is 23.1 Å². The van der Waals surface area contributed by atoms with Crippen molar-refractivity contribution in [2.45, 2.75) is 69.5 Å². The Morgan fingerprint density at radius 1 is 0.875 bits per heavy atom. The average molecular weight is 688 g/mol. The van der Waals surface area contributed by atoms with E-state index in [-0.39, 0.29) is 16.5 Å². The number of aromatic nitrogens is 2. The van der Waals surface area contributed by atoms with E-state index in [1.54, 1.807) is 42.5 Å². The lowest BCUT2D eigenvalue weighted by molar-refractivity contribution is -0.132. The van der Waals surface area contributed by atoms with Crippen molar-refractivity contribution in [1.29, 1.82) is 0 Å². The largest absolute Gasteiger partial charge is 0.507 e. The van der Waals surface area contributed by atoms with Gasteiger partial charge < -0.3 is 19.3 Å². The number of hydrogen-bond acceptors (Lipinski definition) is 10. The van der Waals surface area contributed by atoms with Gasteiger partial charge in [0.15, 0.2) is 15.8 Å². The number of amides is 1. The number of aryl methyl sites for hydroxylation is 1. The number of carbonyl (C=O) groups is 2. The lowest BCUT2D eigenvalue weighted by atomic mass is 9.95. The predicted octanol–water partition coefficient (Wildman–Crippen LogP) is 8.52. The van der Waals surface area contributed by atoms with Crippen LogP contribution in [0.25, 0.3) is 5.76 Å². The number of ether oxygens (including phenoxy) is 3. The number of unbranched alkanes of at least 4 members (excludes halogenated alkanes) is 2. The Kier molecular flexibility index (Phi) is 12.1. The molecule has 0 aliphatic carbocycles. The molecule has 1 saturated heterocycles. The maximum absolute atomic E-state index is 13.8. The van der Waals surface area contributed by atoms with Gasteiger partial charge >= 0.3 is 5.91 Å². The highest BCUT2D eigenvalue weighted by molar-refractivity contribution is 8.00. The zero-order valence-electron chi connectivity index (χ0n) is 27.7. The van der Waals surface area contributed by atoms with Gasteiger partial charge in [0.25, 0.3) is 5.78 Å². The number of aliphatic hydroxyl groups is 1. The van der Waals surface area contributed by atoms with Crippen molar-refractivity contribution in [3.05, 3.63) is 94.6 Å². The minimum absolute atomic E-state index is 0.0502. The SMILES string of the molecule is CCCCOc1ccc(C(O)=C2C(=O)C(=O)N(c3nnc(SCc4ccc(C)cc4)s3)[C@H]2c2ccc(OCCCC)c(OCC)c2)cc1. The molecule has 9 nitrogen and oxygen atoms in total. The number of anilines is 1. The second-order valence-electron chi connectivity index (χ2n) is 11.4. The van der Waals surface area contributed by atoms with E-state index in [0.29, 0.717) is 58.3 Å². The molecule has 1 aliphatic rings. The fraction of sp³-hybridized carbons (Fsp3) is 0.351. The fourth-order valence-corrected chi connectivity index (χ4v) is 6.96. The summed E-state index contributed by atoms with van der Waals surface area (Å²) in [7, 11) is 0. The van der Waals surface area contributed by atoms with E-state index in [4.69, 9.17) is 14.2 Å². The van der Waals surface area contributed by atoms with Crippen LogP contribution in [-0.2, 0) is 15.3 Å². The second kappa shape index (κ2) is 16.7. The van der Waals surface area contributed by atoms with E-state index in [2.05, 4.69) is 48.3 Å². The molecule has 1 atom stereocenters. The monoisotopic (exact) mass is 687 g/mol. The molecule has 0 saturated carbocycles. The van der Waals surface area contributed by atoms with Gasteiger partial charge in [-0.15, -0.1) is 10.2 Å². The average Bonchev–Trinajstić information content (AvgIpc) is 3.67. The second-order valence-corrected chi connectivity index (χ2v) is 13.5. The smallest absolute Gasteiger partial charge is 0.301 e. The molecule has 1 aromatic heterocycles. The van der Waals surface area contributed by atoms with E-state index < -0.39 is 17.7 Å². The quantitative estimate of drug-likeness (QED) is 0.0309. The number of carbonyl (C=O) groups excluding carboxylic acids is 2. The molecule has 0 spiro atoms. The van der Waals surface area contributed by atoms with Crippen LogP contribution in [0.2, 0.25) is 0 Å². The van der Waals surface area contributed by atoms with Gasteiger partial charge in [-0.1, -0.05) is 85.7 Å². The third-order valence-corrected chi connectivity index (χ3v) is 9.89. The number of Topliss-reactive ketones (excluding diaryl/α,β-unsaturated/α-hetero) is 1. The van der Waals surface area contributed by atoms with Gasteiger partial charge in [-0.3, -0.25) is 14.5 Å². The Balaban J connectivity index is 1.53. The first-order valence-corrected chi connectivity index (χ1v) is 18.1. The van der Waals surface area contributed by atoms with Crippen molar-refractivity contribution < 1.29 is 28.9 Å². The maximum Gasteiger partial charge on any atom is 0.301 e. The number of benzene rings is 3. The van der Waals surface area contributed by atoms with Crippen LogP contribution in [-0.4, -0.2) is 46.8 Å². The van der Waals surface area contributed by atoms with Crippen LogP contribution < -0.4 is 19.1 Å². The van der Waals surface area contributed by atoms with Crippen LogP contribution in [0.4, 0.5) is 5.13 Å². The lowest BCUT2D eigenvalue weighted by Gasteiger charge is -2.23. The Morgan fingerprint density at radius 3 is 2.27 bits per heavy atom. The number of nitrogens with zero attached hydrogens (tertiary/aromatic N) is 3. The molecule has 5 rings (SSSR count). The molecule has 2 heterocycles. The number of aliphatic hydroxyl groups excluding tert-OH is 1. The van der Waals surface area contributed by atoms with Gasteiger partial charge in [-0.25, -0.2) is 0 Å². The minimum Gasteiger partial charge on any atom is -0.507 e. The molecule has 0 radical (unpaired) electrons. The highest BCUT2D eigenvalue weighted by atomic mass is 32.2. The summed E-state index contributed by atoms with van der Waals surface area (Å²) >= 11 is 2.73. The summed E-state index contributed by atoms with van der Waals surface area (Å²) < 4.78 is 18.4. The summed E-state index contributed by atoms with van der Waals surface area (Å²) in [5, 5.41) is 20.6. The molecule has 3 aromatic carbocycles. The van der Waals surface area contributed by atoms with Gasteiger partial charge in [0, 0.05) is 11.3 Å². The summed E-state index contributed by atoms with van der Waals surface area (Å²) in [5.41, 5.74) is 3.21. The highest BCUT2D eigenvalue weighted by Gasteiger charge is 2.48. The molecule has 1 N–H and O–H groups in total. The molecule has 1 amide bonds. The summed E-state index contributed by atoms with van der Waals surface area (Å²) in [4.78, 5) is 28.9. The minimum atomic E-state index is -0.989. The molecule has 48 heavy (non-hydrogen) atoms. The van der Waals surface area contributed by atoms with Crippen molar-refractivity contribution in [3.8, 4) is 17.2 Å². The Labute approximate surface area is 290 Å². The van der Waals surface area contributed by atoms with Crippen LogP contribution in [0.3, 0.4) is 0 Å². The van der Waals surface area contributed by atoms with E-state index >= 15 is 0 Å². The molecule has 0 unspecified atom stereocenters. The molecule has 252 valence electrons. The molecule has 1 aliphatic heterocycles. The normalized spacial score (nSPS) is 15.6. The van der Waals surface area contributed by atoms with E-state index in [1.165, 1.54) is 33.6 Å². The summed E-state index contributed by atoms with van der Waals surface area (Å²) in [6, 6.07) is 19.5. The number of thioether (sulfide) groups is 1. The van der Waals surface area contributed by atoms with Crippen LogP contribution in [0.15, 0.2) is 76.6 Å². The predicted molar refractivity (Wildman–Crippen MR) is 190 cm³/mol. The first-order valence-electron chi connectivity index (χ1n) is 16.3. The molecular formula is C37H41N3O6S2. The topological polar surface area (TPSA) is 111 Å². The lowest BCUT2D eigenvalue weighted by Crippen LogP contribution is -2.29. The first kappa shape index (κ1) is 35.0. The van der Waals surface area contributed by atoms with E-state index in [9.17, 15) is 14.7 Å². The summed E-state index contributed by atoms with van der Waals surface area (Å²) in [6.45, 7) is 9.60. The Hall–Kier alpha value is -4.35. The van der Waals surface area contributed by atoms with Gasteiger partial charge in [-0.2, -0.15) is 0 Å². The third kappa shape index (κ3) is 8.19. The Bertz CT molecular complexity index is 1740. The van der Waals surface area contributed by atoms with Gasteiger partial charge in [-0.05, 0) is 74.2 Å². The number of hydrogen-bond donors (Lipinski definition) is 1. The summed E-state index contributed by atoms with van der Waals surface area (Å²) in [5.74, 6) is 0.473. The molecule has 1 fully saturated rings. The van der Waals surface area contributed by atoms with E-state index in [1.807, 2.05) is 13.8 Å². The molecule has 11 heteroatoms. The highest BCUT2D eigenvalue weighted by Crippen LogP contribution is 2.46. The van der Waals surface area contributed by atoms with Gasteiger partial charge in [0.05, 0.1) is 31.4 Å². The number of ketones is 1. The molecule has 4 aromatic rings. The zero-order valence-corrected chi connectivity index (χ0v) is 29.4. The van der Waals surface area contributed by atoms with Crippen molar-refractivity contribution in [1.82, 2.24) is 10.2 Å². The van der Waals surface area contributed by atoms with Crippen molar-refractivity contribution in [2.75, 3.05) is 24.7 Å². The maximum atomic E-state index is 13.8. The van der Waals surface area contributed by atoms with Crippen molar-refractivity contribution >= 4 is 45.7 Å². The van der Waals surface area contributed by atoms with Crippen LogP contribution in [0, 0.1) is 6.92 Å². The first-order chi connectivity index (χ1) is 23.3. The molecular weight excluding hydrogens is 647 g/mol. The van der Waals surface area contributed by atoms with Crippen molar-refractivity contribution in [2.24, 2.45) is 0 Å².